The third-order valence-corrected chi connectivity index (χ3v) is 2.69. The van der Waals surface area contributed by atoms with Crippen molar-refractivity contribution in [1.82, 2.24) is 5.32 Å². The first-order valence-electron chi connectivity index (χ1n) is 5.89. The summed E-state index contributed by atoms with van der Waals surface area (Å²) in [5.74, 6) is 0.0749. The number of benzene rings is 2. The minimum absolute atomic E-state index is 0.0749. The molecule has 2 aromatic rings. The number of hydrogen-bond donors (Lipinski definition) is 2. The van der Waals surface area contributed by atoms with Crippen LogP contribution in [0.1, 0.15) is 15.9 Å². The largest absolute Gasteiger partial charge is 0.399 e. The molecule has 18 heavy (non-hydrogen) atoms. The normalized spacial score (nSPS) is 10.2. The third-order valence-electron chi connectivity index (χ3n) is 2.69. The van der Waals surface area contributed by atoms with E-state index in [4.69, 9.17) is 5.73 Å². The summed E-state index contributed by atoms with van der Waals surface area (Å²) in [5, 5.41) is 3.13. The lowest BCUT2D eigenvalue weighted by atomic mass is 10.1. The van der Waals surface area contributed by atoms with Crippen molar-refractivity contribution in [2.24, 2.45) is 0 Å². The minimum atomic E-state index is 0.0749. The first kappa shape index (κ1) is 12.3. The predicted molar refractivity (Wildman–Crippen MR) is 73.3 cm³/mol. The van der Waals surface area contributed by atoms with E-state index in [1.807, 2.05) is 30.3 Å². The Balaban J connectivity index is 1.84. The van der Waals surface area contributed by atoms with E-state index in [2.05, 4.69) is 5.32 Å². The molecule has 0 atom stereocenters. The number of nitrogen functional groups attached to an aromatic ring is 1. The molecule has 3 heteroatoms. The van der Waals surface area contributed by atoms with Gasteiger partial charge in [0, 0.05) is 17.8 Å². The first-order valence-corrected chi connectivity index (χ1v) is 5.89. The van der Waals surface area contributed by atoms with E-state index in [1.165, 1.54) is 5.56 Å². The maximum absolute atomic E-state index is 11.8. The van der Waals surface area contributed by atoms with Crippen LogP contribution in [0.15, 0.2) is 54.6 Å². The highest BCUT2D eigenvalue weighted by Gasteiger charge is 2.04. The van der Waals surface area contributed by atoms with Crippen LogP contribution in [-0.2, 0) is 6.54 Å². The van der Waals surface area contributed by atoms with Crippen molar-refractivity contribution in [2.75, 3.05) is 12.3 Å². The van der Waals surface area contributed by atoms with Gasteiger partial charge in [-0.25, -0.2) is 0 Å². The first-order chi connectivity index (χ1) is 8.75. The van der Waals surface area contributed by atoms with E-state index in [-0.39, 0.29) is 5.78 Å². The van der Waals surface area contributed by atoms with Gasteiger partial charge in [0.25, 0.3) is 0 Å². The van der Waals surface area contributed by atoms with Crippen LogP contribution in [0.4, 0.5) is 5.69 Å². The van der Waals surface area contributed by atoms with Crippen molar-refractivity contribution in [2.45, 2.75) is 6.54 Å². The zero-order valence-corrected chi connectivity index (χ0v) is 10.1. The molecule has 0 saturated heterocycles. The number of ketones is 1. The Labute approximate surface area is 107 Å². The smallest absolute Gasteiger partial charge is 0.176 e. The molecule has 0 heterocycles. The van der Waals surface area contributed by atoms with Crippen LogP contribution in [0, 0.1) is 0 Å². The molecule has 0 saturated carbocycles. The van der Waals surface area contributed by atoms with Crippen LogP contribution in [-0.4, -0.2) is 12.3 Å². The fraction of sp³-hybridized carbons (Fsp3) is 0.133. The van der Waals surface area contributed by atoms with Gasteiger partial charge in [0.15, 0.2) is 5.78 Å². The zero-order valence-electron chi connectivity index (χ0n) is 10.1. The van der Waals surface area contributed by atoms with Crippen LogP contribution in [0.25, 0.3) is 0 Å². The molecule has 0 spiro atoms. The molecule has 0 amide bonds. The lowest BCUT2D eigenvalue weighted by Crippen LogP contribution is -2.22. The highest BCUT2D eigenvalue weighted by Crippen LogP contribution is 2.06. The van der Waals surface area contributed by atoms with Gasteiger partial charge in [-0.3, -0.25) is 4.79 Å². The topological polar surface area (TPSA) is 55.1 Å². The molecule has 0 unspecified atom stereocenters. The number of carbonyl (C=O) groups excluding carboxylic acids is 1. The quantitative estimate of drug-likeness (QED) is 0.622. The Kier molecular flexibility index (Phi) is 4.10. The van der Waals surface area contributed by atoms with E-state index in [9.17, 15) is 4.79 Å². The summed E-state index contributed by atoms with van der Waals surface area (Å²) < 4.78 is 0. The Hall–Kier alpha value is -2.13. The average molecular weight is 240 g/mol. The van der Waals surface area contributed by atoms with Crippen molar-refractivity contribution < 1.29 is 4.79 Å². The lowest BCUT2D eigenvalue weighted by Gasteiger charge is -2.04. The average Bonchev–Trinajstić information content (AvgIpc) is 2.40. The Morgan fingerprint density at radius 3 is 2.33 bits per heavy atom. The van der Waals surface area contributed by atoms with E-state index in [0.29, 0.717) is 24.3 Å². The molecule has 3 N–H and O–H groups in total. The van der Waals surface area contributed by atoms with Gasteiger partial charge < -0.3 is 11.1 Å². The van der Waals surface area contributed by atoms with Crippen LogP contribution >= 0.6 is 0 Å². The molecule has 92 valence electrons. The van der Waals surface area contributed by atoms with Gasteiger partial charge in [-0.05, 0) is 29.8 Å². The van der Waals surface area contributed by atoms with Crippen molar-refractivity contribution in [3.8, 4) is 0 Å². The third kappa shape index (κ3) is 3.43. The number of carbonyl (C=O) groups is 1. The number of Topliss-reactive ketones (excluding diaryl/α,β-unsaturated/α-hetero) is 1. The van der Waals surface area contributed by atoms with E-state index in [1.54, 1.807) is 24.3 Å². The molecule has 0 aliphatic heterocycles. The summed E-state index contributed by atoms with van der Waals surface area (Å²) >= 11 is 0. The molecule has 0 fully saturated rings. The van der Waals surface area contributed by atoms with Crippen molar-refractivity contribution in [3.05, 3.63) is 65.7 Å². The summed E-state index contributed by atoms with van der Waals surface area (Å²) in [7, 11) is 0. The molecule has 2 rings (SSSR count). The highest BCUT2D eigenvalue weighted by molar-refractivity contribution is 5.97. The van der Waals surface area contributed by atoms with Gasteiger partial charge in [-0.15, -0.1) is 0 Å². The van der Waals surface area contributed by atoms with Crippen molar-refractivity contribution in [1.29, 1.82) is 0 Å². The molecule has 2 aromatic carbocycles. The van der Waals surface area contributed by atoms with Crippen LogP contribution in [0.5, 0.6) is 0 Å². The van der Waals surface area contributed by atoms with Gasteiger partial charge in [0.05, 0.1) is 6.54 Å². The number of nitrogens with one attached hydrogen (secondary N) is 1. The summed E-state index contributed by atoms with van der Waals surface area (Å²) in [5.41, 5.74) is 8.10. The Bertz CT molecular complexity index is 506. The Morgan fingerprint density at radius 2 is 1.67 bits per heavy atom. The van der Waals surface area contributed by atoms with Gasteiger partial charge >= 0.3 is 0 Å². The summed E-state index contributed by atoms with van der Waals surface area (Å²) in [6.45, 7) is 1.03. The van der Waals surface area contributed by atoms with Crippen molar-refractivity contribution >= 4 is 11.5 Å². The monoisotopic (exact) mass is 240 g/mol. The van der Waals surface area contributed by atoms with Crippen molar-refractivity contribution in [3.63, 3.8) is 0 Å². The van der Waals surface area contributed by atoms with E-state index < -0.39 is 0 Å². The van der Waals surface area contributed by atoms with E-state index >= 15 is 0 Å². The molecular weight excluding hydrogens is 224 g/mol. The fourth-order valence-corrected chi connectivity index (χ4v) is 1.69. The molecular formula is C15H16N2O. The van der Waals surface area contributed by atoms with Crippen LogP contribution in [0.3, 0.4) is 0 Å². The second-order valence-corrected chi connectivity index (χ2v) is 4.13. The maximum atomic E-state index is 11.8. The summed E-state index contributed by atoms with van der Waals surface area (Å²) in [4.78, 5) is 11.8. The van der Waals surface area contributed by atoms with Gasteiger partial charge in [0.1, 0.15) is 0 Å². The van der Waals surface area contributed by atoms with Gasteiger partial charge in [-0.2, -0.15) is 0 Å². The summed E-state index contributed by atoms with van der Waals surface area (Å²) in [6.07, 6.45) is 0. The highest BCUT2D eigenvalue weighted by atomic mass is 16.1. The lowest BCUT2D eigenvalue weighted by molar-refractivity contribution is 0.0991. The number of rotatable bonds is 5. The zero-order chi connectivity index (χ0) is 12.8. The predicted octanol–water partition coefficient (Wildman–Crippen LogP) is 2.24. The molecule has 3 nitrogen and oxygen atoms in total. The minimum Gasteiger partial charge on any atom is -0.399 e. The fourth-order valence-electron chi connectivity index (χ4n) is 1.69. The van der Waals surface area contributed by atoms with Gasteiger partial charge in [-0.1, -0.05) is 30.3 Å². The molecule has 0 radical (unpaired) electrons. The molecule has 0 bridgehead atoms. The Morgan fingerprint density at radius 1 is 1.00 bits per heavy atom. The van der Waals surface area contributed by atoms with Crippen LogP contribution < -0.4 is 11.1 Å². The molecule has 0 aliphatic carbocycles. The second-order valence-electron chi connectivity index (χ2n) is 4.13. The summed E-state index contributed by atoms with van der Waals surface area (Å²) in [6, 6.07) is 17.0. The maximum Gasteiger partial charge on any atom is 0.176 e. The molecule has 0 aromatic heterocycles. The standard InChI is InChI=1S/C15H16N2O/c16-14-8-6-13(7-9-14)15(18)11-17-10-12-4-2-1-3-5-12/h1-9,17H,10-11,16H2. The second kappa shape index (κ2) is 5.98. The number of nitrogens with two attached hydrogens (primary N) is 1. The number of anilines is 1. The molecule has 0 aliphatic rings. The van der Waals surface area contributed by atoms with Gasteiger partial charge in [0.2, 0.25) is 0 Å². The van der Waals surface area contributed by atoms with E-state index in [0.717, 1.165) is 0 Å². The SMILES string of the molecule is Nc1ccc(C(=O)CNCc2ccccc2)cc1. The van der Waals surface area contributed by atoms with Crippen LogP contribution in [0.2, 0.25) is 0 Å². The number of hydrogen-bond acceptors (Lipinski definition) is 3.